The Hall–Kier alpha value is -4.08. The van der Waals surface area contributed by atoms with Crippen LogP contribution in [-0.2, 0) is 12.0 Å². The number of aryl methyl sites for hydroxylation is 3. The molecule has 0 aliphatic rings. The first-order valence-corrected chi connectivity index (χ1v) is 11.0. The maximum atomic E-state index is 13.3. The van der Waals surface area contributed by atoms with E-state index >= 15 is 0 Å². The second-order valence-corrected chi connectivity index (χ2v) is 9.22. The number of H-pyrrole nitrogens is 1. The van der Waals surface area contributed by atoms with E-state index in [1.807, 2.05) is 34.6 Å². The van der Waals surface area contributed by atoms with E-state index in [2.05, 4.69) is 25.4 Å². The molecule has 0 unspecified atom stereocenters. The summed E-state index contributed by atoms with van der Waals surface area (Å²) in [6.07, 6.45) is 1.52. The zero-order chi connectivity index (χ0) is 24.8. The van der Waals surface area contributed by atoms with Gasteiger partial charge in [-0.3, -0.25) is 19.4 Å². The lowest BCUT2D eigenvalue weighted by atomic mass is 9.92. The Balaban J connectivity index is 1.84. The fraction of sp³-hybridized carbons (Fsp3) is 0.333. The molecule has 0 spiro atoms. The van der Waals surface area contributed by atoms with E-state index in [1.54, 1.807) is 29.7 Å². The van der Waals surface area contributed by atoms with Crippen molar-refractivity contribution < 1.29 is 4.79 Å². The number of hydrogen-bond donors (Lipinski definition) is 2. The number of amides is 1. The summed E-state index contributed by atoms with van der Waals surface area (Å²) in [6.45, 7) is 11.9. The van der Waals surface area contributed by atoms with Gasteiger partial charge in [0.1, 0.15) is 17.0 Å². The number of nitrogens with one attached hydrogen (secondary N) is 2. The van der Waals surface area contributed by atoms with Gasteiger partial charge in [0.2, 0.25) is 11.4 Å². The highest BCUT2D eigenvalue weighted by molar-refractivity contribution is 6.05. The van der Waals surface area contributed by atoms with Gasteiger partial charge in [-0.2, -0.15) is 9.78 Å². The lowest BCUT2D eigenvalue weighted by Gasteiger charge is -2.13. The number of fused-ring (bicyclic) bond motifs is 1. The van der Waals surface area contributed by atoms with Gasteiger partial charge in [0, 0.05) is 41.7 Å². The highest BCUT2D eigenvalue weighted by atomic mass is 16.2. The first-order valence-electron chi connectivity index (χ1n) is 11.0. The van der Waals surface area contributed by atoms with Crippen LogP contribution in [0.25, 0.3) is 17.0 Å². The van der Waals surface area contributed by atoms with E-state index in [4.69, 9.17) is 0 Å². The van der Waals surface area contributed by atoms with Gasteiger partial charge >= 0.3 is 0 Å². The normalized spacial score (nSPS) is 11.7. The van der Waals surface area contributed by atoms with Crippen LogP contribution in [0.2, 0.25) is 0 Å². The van der Waals surface area contributed by atoms with Gasteiger partial charge in [0.15, 0.2) is 0 Å². The van der Waals surface area contributed by atoms with Crippen molar-refractivity contribution in [1.29, 1.82) is 0 Å². The Morgan fingerprint density at radius 2 is 1.82 bits per heavy atom. The fourth-order valence-electron chi connectivity index (χ4n) is 3.61. The van der Waals surface area contributed by atoms with Crippen molar-refractivity contribution in [1.82, 2.24) is 29.3 Å². The summed E-state index contributed by atoms with van der Waals surface area (Å²) in [6, 6.07) is 6.51. The quantitative estimate of drug-likeness (QED) is 0.481. The van der Waals surface area contributed by atoms with Gasteiger partial charge < -0.3 is 9.88 Å². The maximum absolute atomic E-state index is 13.3. The van der Waals surface area contributed by atoms with Gasteiger partial charge in [-0.05, 0) is 32.9 Å². The molecule has 10 heteroatoms. The standard InChI is InChI=1S/C24H27N7O3/c1-7-30-12-16(20(33)15-9-8-13(2)25-21(15)30)22(34)27-18-11-17(24(4,5)6)29-31(18)23-26-14(3)10-19(32)28-23/h8-12H,7H2,1-6H3,(H,27,34)(H,26,28,32). The molecule has 0 aromatic carbocycles. The van der Waals surface area contributed by atoms with Crippen LogP contribution in [0.3, 0.4) is 0 Å². The minimum absolute atomic E-state index is 0.0178. The molecule has 0 bridgehead atoms. The van der Waals surface area contributed by atoms with Crippen LogP contribution in [0.15, 0.2) is 40.1 Å². The molecular weight excluding hydrogens is 434 g/mol. The second-order valence-electron chi connectivity index (χ2n) is 9.22. The number of carbonyl (C=O) groups is 1. The lowest BCUT2D eigenvalue weighted by Crippen LogP contribution is -2.25. The summed E-state index contributed by atoms with van der Waals surface area (Å²) in [5, 5.41) is 7.73. The van der Waals surface area contributed by atoms with Gasteiger partial charge in [-0.25, -0.2) is 9.97 Å². The van der Waals surface area contributed by atoms with Gasteiger partial charge in [-0.1, -0.05) is 20.8 Å². The zero-order valence-corrected chi connectivity index (χ0v) is 20.1. The fourth-order valence-corrected chi connectivity index (χ4v) is 3.61. The van der Waals surface area contributed by atoms with Crippen molar-refractivity contribution in [2.24, 2.45) is 0 Å². The summed E-state index contributed by atoms with van der Waals surface area (Å²) in [4.78, 5) is 50.0. The van der Waals surface area contributed by atoms with E-state index in [1.165, 1.54) is 16.9 Å². The van der Waals surface area contributed by atoms with Crippen LogP contribution in [0.1, 0.15) is 55.1 Å². The molecule has 2 N–H and O–H groups in total. The number of nitrogens with zero attached hydrogens (tertiary/aromatic N) is 5. The molecular formula is C24H27N7O3. The topological polar surface area (TPSA) is 128 Å². The molecule has 0 fully saturated rings. The molecule has 10 nitrogen and oxygen atoms in total. The van der Waals surface area contributed by atoms with Crippen molar-refractivity contribution in [2.45, 2.75) is 53.5 Å². The third-order valence-corrected chi connectivity index (χ3v) is 5.42. The Morgan fingerprint density at radius 1 is 1.09 bits per heavy atom. The number of hydrogen-bond acceptors (Lipinski definition) is 6. The van der Waals surface area contributed by atoms with E-state index in [0.717, 1.165) is 5.69 Å². The van der Waals surface area contributed by atoms with E-state index in [9.17, 15) is 14.4 Å². The van der Waals surface area contributed by atoms with Crippen LogP contribution in [-0.4, -0.2) is 35.2 Å². The molecule has 4 aromatic rings. The van der Waals surface area contributed by atoms with E-state index in [-0.39, 0.29) is 28.3 Å². The molecule has 0 atom stereocenters. The SMILES string of the molecule is CCn1cc(C(=O)Nc2cc(C(C)(C)C)nn2-c2nc(C)cc(=O)[nH]2)c(=O)c2ccc(C)nc21. The summed E-state index contributed by atoms with van der Waals surface area (Å²) in [5.41, 5.74) is 1.40. The lowest BCUT2D eigenvalue weighted by molar-refractivity contribution is 0.102. The minimum Gasteiger partial charge on any atom is -0.332 e. The molecule has 0 radical (unpaired) electrons. The highest BCUT2D eigenvalue weighted by Gasteiger charge is 2.24. The van der Waals surface area contributed by atoms with Gasteiger partial charge in [0.25, 0.3) is 11.5 Å². The molecule has 176 valence electrons. The first-order chi connectivity index (χ1) is 16.0. The number of anilines is 1. The summed E-state index contributed by atoms with van der Waals surface area (Å²) >= 11 is 0. The van der Waals surface area contributed by atoms with Crippen molar-refractivity contribution in [2.75, 3.05) is 5.32 Å². The number of carbonyl (C=O) groups excluding carboxylic acids is 1. The molecule has 4 heterocycles. The molecule has 0 aliphatic carbocycles. The molecule has 4 aromatic heterocycles. The molecule has 0 saturated heterocycles. The van der Waals surface area contributed by atoms with Crippen LogP contribution < -0.4 is 16.3 Å². The van der Waals surface area contributed by atoms with Crippen LogP contribution >= 0.6 is 0 Å². The largest absolute Gasteiger partial charge is 0.332 e. The average Bonchev–Trinajstić information content (AvgIpc) is 3.17. The molecule has 1 amide bonds. The zero-order valence-electron chi connectivity index (χ0n) is 20.1. The van der Waals surface area contributed by atoms with Crippen LogP contribution in [0, 0.1) is 13.8 Å². The van der Waals surface area contributed by atoms with Gasteiger partial charge in [-0.15, -0.1) is 0 Å². The van der Waals surface area contributed by atoms with E-state index in [0.29, 0.717) is 29.0 Å². The number of pyridine rings is 2. The Morgan fingerprint density at radius 3 is 2.47 bits per heavy atom. The highest BCUT2D eigenvalue weighted by Crippen LogP contribution is 2.25. The molecule has 0 aliphatic heterocycles. The van der Waals surface area contributed by atoms with Crippen LogP contribution in [0.4, 0.5) is 5.82 Å². The summed E-state index contributed by atoms with van der Waals surface area (Å²) in [5.74, 6) is -0.139. The van der Waals surface area contributed by atoms with E-state index < -0.39 is 11.3 Å². The molecule has 34 heavy (non-hydrogen) atoms. The number of aromatic nitrogens is 6. The van der Waals surface area contributed by atoms with Gasteiger partial charge in [0.05, 0.1) is 11.1 Å². The predicted octanol–water partition coefficient (Wildman–Crippen LogP) is 2.85. The average molecular weight is 462 g/mol. The van der Waals surface area contributed by atoms with Crippen LogP contribution in [0.5, 0.6) is 0 Å². The third kappa shape index (κ3) is 4.26. The number of aromatic amines is 1. The monoisotopic (exact) mass is 461 g/mol. The third-order valence-electron chi connectivity index (χ3n) is 5.42. The van der Waals surface area contributed by atoms with Crippen molar-refractivity contribution in [3.8, 4) is 5.95 Å². The summed E-state index contributed by atoms with van der Waals surface area (Å²) in [7, 11) is 0. The van der Waals surface area contributed by atoms with Crippen molar-refractivity contribution in [3.63, 3.8) is 0 Å². The Kier molecular flexibility index (Phi) is 5.68. The van der Waals surface area contributed by atoms with Crippen molar-refractivity contribution in [3.05, 3.63) is 73.7 Å². The number of rotatable bonds is 4. The minimum atomic E-state index is -0.591. The Bertz CT molecular complexity index is 1540. The Labute approximate surface area is 195 Å². The summed E-state index contributed by atoms with van der Waals surface area (Å²) < 4.78 is 3.15. The maximum Gasteiger partial charge on any atom is 0.262 e. The predicted molar refractivity (Wildman–Crippen MR) is 130 cm³/mol. The molecule has 4 rings (SSSR count). The second kappa shape index (κ2) is 8.36. The molecule has 0 saturated carbocycles. The smallest absolute Gasteiger partial charge is 0.262 e. The first kappa shape index (κ1) is 23.1. The van der Waals surface area contributed by atoms with Crippen molar-refractivity contribution >= 4 is 22.8 Å².